The molecule has 2 fully saturated rings. The zero-order valence-corrected chi connectivity index (χ0v) is 15.1. The van der Waals surface area contributed by atoms with Crippen LogP contribution in [0.15, 0.2) is 48.5 Å². The van der Waals surface area contributed by atoms with Crippen molar-refractivity contribution in [2.45, 2.75) is 11.4 Å². The number of benzene rings is 2. The maximum Gasteiger partial charge on any atom is 0.333 e. The monoisotopic (exact) mass is 385 g/mol. The number of imide groups is 1. The number of rotatable bonds is 4. The molecule has 2 aliphatic rings. The molecule has 0 saturated carbocycles. The number of ether oxygens (including phenoxy) is 1. The molecule has 0 unspecified atom stereocenters. The van der Waals surface area contributed by atoms with E-state index in [0.717, 1.165) is 4.90 Å². The summed E-state index contributed by atoms with van der Waals surface area (Å²) < 4.78 is 5.17. The largest absolute Gasteiger partial charge is 0.497 e. The van der Waals surface area contributed by atoms with Gasteiger partial charge >= 0.3 is 6.03 Å². The van der Waals surface area contributed by atoms with Crippen LogP contribution in [-0.4, -0.2) is 40.7 Å². The molecule has 2 aliphatic heterocycles. The number of methoxy groups -OCH3 is 1. The van der Waals surface area contributed by atoms with E-state index < -0.39 is 22.4 Å². The Morgan fingerprint density at radius 2 is 1.96 bits per heavy atom. The summed E-state index contributed by atoms with van der Waals surface area (Å²) in [5.74, 6) is 0.691. The Morgan fingerprint density at radius 3 is 2.70 bits per heavy atom. The second kappa shape index (κ2) is 6.58. The number of carbonyl (C=O) groups excluding carboxylic acids is 2. The van der Waals surface area contributed by atoms with E-state index in [0.29, 0.717) is 22.8 Å². The van der Waals surface area contributed by atoms with Crippen LogP contribution in [-0.2, 0) is 4.79 Å². The number of nitrogens with zero attached hydrogens (tertiary/aromatic N) is 3. The zero-order valence-electron chi connectivity index (χ0n) is 14.3. The van der Waals surface area contributed by atoms with E-state index in [1.54, 1.807) is 36.4 Å². The lowest BCUT2D eigenvalue weighted by Gasteiger charge is -2.23. The van der Waals surface area contributed by atoms with Gasteiger partial charge in [0.25, 0.3) is 11.6 Å². The minimum atomic E-state index is -0.585. The van der Waals surface area contributed by atoms with Gasteiger partial charge in [-0.1, -0.05) is 18.2 Å². The molecule has 0 bridgehead atoms. The molecule has 2 atom stereocenters. The van der Waals surface area contributed by atoms with Crippen LogP contribution in [0.5, 0.6) is 5.75 Å². The Bertz CT molecular complexity index is 950. The number of hydrogen-bond acceptors (Lipinski definition) is 6. The van der Waals surface area contributed by atoms with Gasteiger partial charge in [-0.15, -0.1) is 11.8 Å². The van der Waals surface area contributed by atoms with Gasteiger partial charge in [0.05, 0.1) is 17.7 Å². The predicted octanol–water partition coefficient (Wildman–Crippen LogP) is 3.19. The van der Waals surface area contributed by atoms with Gasteiger partial charge in [-0.25, -0.2) is 9.69 Å². The van der Waals surface area contributed by atoms with E-state index in [4.69, 9.17) is 4.74 Å². The van der Waals surface area contributed by atoms with Gasteiger partial charge in [0, 0.05) is 24.0 Å². The topological polar surface area (TPSA) is 93.0 Å². The second-order valence-corrected chi connectivity index (χ2v) is 7.23. The minimum Gasteiger partial charge on any atom is -0.497 e. The number of urea groups is 1. The Kier molecular flexibility index (Phi) is 4.23. The summed E-state index contributed by atoms with van der Waals surface area (Å²) in [4.78, 5) is 39.1. The molecule has 2 saturated heterocycles. The van der Waals surface area contributed by atoms with Crippen molar-refractivity contribution in [3.05, 3.63) is 64.2 Å². The van der Waals surface area contributed by atoms with Crippen molar-refractivity contribution in [2.75, 3.05) is 17.8 Å². The van der Waals surface area contributed by atoms with E-state index in [2.05, 4.69) is 0 Å². The SMILES string of the molecule is COc1cccc(N2C(=O)[C@@H]3CS[C@H](c4cccc([N+](=O)[O-])c4)N3C2=O)c1. The van der Waals surface area contributed by atoms with Crippen molar-refractivity contribution in [2.24, 2.45) is 0 Å². The summed E-state index contributed by atoms with van der Waals surface area (Å²) in [6.07, 6.45) is 0. The molecule has 27 heavy (non-hydrogen) atoms. The van der Waals surface area contributed by atoms with Gasteiger partial charge in [0.2, 0.25) is 0 Å². The smallest absolute Gasteiger partial charge is 0.333 e. The quantitative estimate of drug-likeness (QED) is 0.456. The van der Waals surface area contributed by atoms with Gasteiger partial charge in [0.15, 0.2) is 0 Å². The Labute approximate surface area is 158 Å². The fourth-order valence-corrected chi connectivity index (χ4v) is 4.73. The highest BCUT2D eigenvalue weighted by Gasteiger charge is 2.53. The van der Waals surface area contributed by atoms with Crippen LogP contribution in [0.1, 0.15) is 10.9 Å². The highest BCUT2D eigenvalue weighted by molar-refractivity contribution is 7.99. The number of non-ortho nitro benzene ring substituents is 1. The molecular formula is C18H15N3O5S. The molecule has 2 aromatic carbocycles. The molecular weight excluding hydrogens is 370 g/mol. The predicted molar refractivity (Wildman–Crippen MR) is 99.8 cm³/mol. The molecule has 2 aromatic rings. The molecule has 0 aliphatic carbocycles. The normalized spacial score (nSPS) is 21.5. The van der Waals surface area contributed by atoms with E-state index in [1.165, 1.54) is 35.9 Å². The van der Waals surface area contributed by atoms with Crippen LogP contribution in [0.3, 0.4) is 0 Å². The van der Waals surface area contributed by atoms with Crippen molar-refractivity contribution in [3.63, 3.8) is 0 Å². The number of amides is 3. The first kappa shape index (κ1) is 17.3. The van der Waals surface area contributed by atoms with Crippen LogP contribution >= 0.6 is 11.8 Å². The summed E-state index contributed by atoms with van der Waals surface area (Å²) in [6.45, 7) is 0. The van der Waals surface area contributed by atoms with Crippen LogP contribution < -0.4 is 9.64 Å². The summed E-state index contributed by atoms with van der Waals surface area (Å²) >= 11 is 1.43. The zero-order chi connectivity index (χ0) is 19.1. The molecule has 3 amide bonds. The lowest BCUT2D eigenvalue weighted by atomic mass is 10.1. The summed E-state index contributed by atoms with van der Waals surface area (Å²) in [6, 6.07) is 11.9. The van der Waals surface area contributed by atoms with Crippen LogP contribution in [0.4, 0.5) is 16.2 Å². The Balaban J connectivity index is 1.68. The van der Waals surface area contributed by atoms with Crippen LogP contribution in [0.2, 0.25) is 0 Å². The summed E-state index contributed by atoms with van der Waals surface area (Å²) in [5.41, 5.74) is 1.03. The highest BCUT2D eigenvalue weighted by Crippen LogP contribution is 2.46. The Morgan fingerprint density at radius 1 is 1.19 bits per heavy atom. The molecule has 4 rings (SSSR count). The third-order valence-electron chi connectivity index (χ3n) is 4.60. The maximum absolute atomic E-state index is 13.0. The number of nitro groups is 1. The standard InChI is InChI=1S/C18H15N3O5S/c1-26-14-7-3-5-12(9-14)19-16(22)15-10-27-17(20(15)18(19)23)11-4-2-6-13(8-11)21(24)25/h2-9,15,17H,10H2,1H3/t15-,17+/m0/s1. The van der Waals surface area contributed by atoms with Crippen molar-refractivity contribution in [1.82, 2.24) is 4.90 Å². The first-order valence-electron chi connectivity index (χ1n) is 8.17. The summed E-state index contributed by atoms with van der Waals surface area (Å²) in [7, 11) is 1.51. The number of hydrogen-bond donors (Lipinski definition) is 0. The summed E-state index contributed by atoms with van der Waals surface area (Å²) in [5, 5.41) is 10.6. The van der Waals surface area contributed by atoms with Gasteiger partial charge in [-0.3, -0.25) is 19.8 Å². The average Bonchev–Trinajstić information content (AvgIpc) is 3.22. The van der Waals surface area contributed by atoms with Crippen LogP contribution in [0, 0.1) is 10.1 Å². The van der Waals surface area contributed by atoms with E-state index in [-0.39, 0.29) is 11.6 Å². The van der Waals surface area contributed by atoms with Crippen molar-refractivity contribution in [1.29, 1.82) is 0 Å². The van der Waals surface area contributed by atoms with Crippen molar-refractivity contribution >= 4 is 35.1 Å². The molecule has 0 N–H and O–H groups in total. The van der Waals surface area contributed by atoms with Gasteiger partial charge in [-0.2, -0.15) is 0 Å². The number of fused-ring (bicyclic) bond motifs is 1. The molecule has 0 aromatic heterocycles. The fourth-order valence-electron chi connectivity index (χ4n) is 3.33. The van der Waals surface area contributed by atoms with Gasteiger partial charge < -0.3 is 4.74 Å². The first-order valence-corrected chi connectivity index (χ1v) is 9.22. The number of anilines is 1. The second-order valence-electron chi connectivity index (χ2n) is 6.12. The van der Waals surface area contributed by atoms with Crippen LogP contribution in [0.25, 0.3) is 0 Å². The average molecular weight is 385 g/mol. The first-order chi connectivity index (χ1) is 13.0. The van der Waals surface area contributed by atoms with E-state index >= 15 is 0 Å². The third-order valence-corrected chi connectivity index (χ3v) is 5.92. The molecule has 0 radical (unpaired) electrons. The molecule has 9 heteroatoms. The highest BCUT2D eigenvalue weighted by atomic mass is 32.2. The van der Waals surface area contributed by atoms with Crippen molar-refractivity contribution < 1.29 is 19.2 Å². The fraction of sp³-hybridized carbons (Fsp3) is 0.222. The van der Waals surface area contributed by atoms with Gasteiger partial charge in [0.1, 0.15) is 17.2 Å². The van der Waals surface area contributed by atoms with E-state index in [9.17, 15) is 19.7 Å². The van der Waals surface area contributed by atoms with E-state index in [1.807, 2.05) is 0 Å². The number of thioether (sulfide) groups is 1. The molecule has 138 valence electrons. The number of nitro benzene ring substituents is 1. The third kappa shape index (κ3) is 2.80. The number of carbonyl (C=O) groups is 2. The Hall–Kier alpha value is -3.07. The lowest BCUT2D eigenvalue weighted by molar-refractivity contribution is -0.384. The molecule has 0 spiro atoms. The van der Waals surface area contributed by atoms with Gasteiger partial charge in [-0.05, 0) is 17.7 Å². The maximum atomic E-state index is 13.0. The molecule has 8 nitrogen and oxygen atoms in total. The molecule has 2 heterocycles. The van der Waals surface area contributed by atoms with Crippen molar-refractivity contribution in [3.8, 4) is 5.75 Å². The lowest BCUT2D eigenvalue weighted by Crippen LogP contribution is -2.33. The minimum absolute atomic E-state index is 0.0424.